The highest BCUT2D eigenvalue weighted by molar-refractivity contribution is 6.29. The van der Waals surface area contributed by atoms with Gasteiger partial charge in [-0.05, 0) is 6.92 Å². The van der Waals surface area contributed by atoms with Crippen molar-refractivity contribution in [3.63, 3.8) is 0 Å². The largest absolute Gasteiger partial charge is 0.377 e. The van der Waals surface area contributed by atoms with Gasteiger partial charge in [0.1, 0.15) is 0 Å². The molecular weight excluding hydrogens is 284 g/mol. The van der Waals surface area contributed by atoms with Crippen LogP contribution >= 0.6 is 0 Å². The molecular formula is C15H32N4O3. The molecule has 0 aromatic rings. The Labute approximate surface area is 134 Å². The number of nitrogens with one attached hydrogen (secondary N) is 1. The van der Waals surface area contributed by atoms with Crippen LogP contribution in [0.25, 0.3) is 0 Å². The normalized spacial score (nSPS) is 11.5. The van der Waals surface area contributed by atoms with Crippen molar-refractivity contribution >= 4 is 17.8 Å². The standard InChI is InChI=1S/C13H26N4O3.C2H6/c1-11(2)13(18)16-5-7-20-9-8-19-6-4-15-10-12(3)17-14;1-2/h10-11H,4-9,14H2,1-3H3,(H,16,18);1-2H3/b15-10?,17-12-;. The Morgan fingerprint density at radius 1 is 1.18 bits per heavy atom. The zero-order chi connectivity index (χ0) is 17.2. The number of hydrogen-bond acceptors (Lipinski definition) is 6. The predicted octanol–water partition coefficient (Wildman–Crippen LogP) is 1.22. The van der Waals surface area contributed by atoms with Crippen LogP contribution in [0.2, 0.25) is 0 Å². The molecule has 3 N–H and O–H groups in total. The zero-order valence-corrected chi connectivity index (χ0v) is 14.6. The molecule has 0 unspecified atom stereocenters. The molecule has 130 valence electrons. The average molecular weight is 316 g/mol. The van der Waals surface area contributed by atoms with Gasteiger partial charge in [0.25, 0.3) is 0 Å². The fraction of sp³-hybridized carbons (Fsp3) is 0.800. The van der Waals surface area contributed by atoms with E-state index in [2.05, 4.69) is 15.4 Å². The molecule has 0 bridgehead atoms. The van der Waals surface area contributed by atoms with Gasteiger partial charge in [-0.2, -0.15) is 5.10 Å². The summed E-state index contributed by atoms with van der Waals surface area (Å²) >= 11 is 0. The summed E-state index contributed by atoms with van der Waals surface area (Å²) in [7, 11) is 0. The fourth-order valence-electron chi connectivity index (χ4n) is 1.12. The summed E-state index contributed by atoms with van der Waals surface area (Å²) in [5, 5.41) is 6.24. The van der Waals surface area contributed by atoms with E-state index in [1.165, 1.54) is 0 Å². The van der Waals surface area contributed by atoms with Gasteiger partial charge in [-0.25, -0.2) is 0 Å². The van der Waals surface area contributed by atoms with Crippen molar-refractivity contribution in [1.82, 2.24) is 5.32 Å². The van der Waals surface area contributed by atoms with Crippen molar-refractivity contribution in [3.8, 4) is 0 Å². The smallest absolute Gasteiger partial charge is 0.222 e. The van der Waals surface area contributed by atoms with Crippen molar-refractivity contribution in [2.24, 2.45) is 21.9 Å². The third-order valence-corrected chi connectivity index (χ3v) is 2.29. The lowest BCUT2D eigenvalue weighted by Crippen LogP contribution is -2.31. The van der Waals surface area contributed by atoms with Crippen molar-refractivity contribution in [1.29, 1.82) is 0 Å². The Morgan fingerprint density at radius 3 is 2.32 bits per heavy atom. The summed E-state index contributed by atoms with van der Waals surface area (Å²) in [6.07, 6.45) is 1.61. The molecule has 1 amide bonds. The lowest BCUT2D eigenvalue weighted by molar-refractivity contribution is -0.124. The molecule has 0 aliphatic rings. The van der Waals surface area contributed by atoms with E-state index in [1.807, 2.05) is 27.7 Å². The number of nitrogens with zero attached hydrogens (tertiary/aromatic N) is 2. The van der Waals surface area contributed by atoms with Crippen LogP contribution in [-0.2, 0) is 14.3 Å². The van der Waals surface area contributed by atoms with Crippen LogP contribution in [0.1, 0.15) is 34.6 Å². The Bertz CT molecular complexity index is 318. The van der Waals surface area contributed by atoms with E-state index < -0.39 is 0 Å². The molecule has 0 aliphatic carbocycles. The highest BCUT2D eigenvalue weighted by atomic mass is 16.5. The third-order valence-electron chi connectivity index (χ3n) is 2.29. The Kier molecular flexibility index (Phi) is 18.2. The van der Waals surface area contributed by atoms with Crippen molar-refractivity contribution < 1.29 is 14.3 Å². The number of hydrogen-bond donors (Lipinski definition) is 2. The van der Waals surface area contributed by atoms with Crippen LogP contribution in [0.3, 0.4) is 0 Å². The van der Waals surface area contributed by atoms with Crippen LogP contribution in [0.5, 0.6) is 0 Å². The lowest BCUT2D eigenvalue weighted by Gasteiger charge is -2.08. The monoisotopic (exact) mass is 316 g/mol. The number of carbonyl (C=O) groups excluding carboxylic acids is 1. The van der Waals surface area contributed by atoms with E-state index in [9.17, 15) is 4.79 Å². The van der Waals surface area contributed by atoms with E-state index in [0.29, 0.717) is 45.2 Å². The first-order valence-electron chi connectivity index (χ1n) is 7.75. The fourth-order valence-corrected chi connectivity index (χ4v) is 1.12. The van der Waals surface area contributed by atoms with Gasteiger partial charge in [-0.1, -0.05) is 27.7 Å². The van der Waals surface area contributed by atoms with Crippen molar-refractivity contribution in [2.75, 3.05) is 39.5 Å². The first-order valence-corrected chi connectivity index (χ1v) is 7.75. The summed E-state index contributed by atoms with van der Waals surface area (Å²) in [6, 6.07) is 0. The van der Waals surface area contributed by atoms with Crippen LogP contribution in [0.15, 0.2) is 10.1 Å². The minimum Gasteiger partial charge on any atom is -0.377 e. The quantitative estimate of drug-likeness (QED) is 0.259. The molecule has 22 heavy (non-hydrogen) atoms. The van der Waals surface area contributed by atoms with E-state index in [0.717, 1.165) is 0 Å². The third kappa shape index (κ3) is 16.6. The number of aliphatic imine (C=N–C) groups is 1. The second kappa shape index (κ2) is 17.6. The maximum Gasteiger partial charge on any atom is 0.222 e. The summed E-state index contributed by atoms with van der Waals surface area (Å²) in [6.45, 7) is 12.6. The van der Waals surface area contributed by atoms with E-state index in [1.54, 1.807) is 13.1 Å². The van der Waals surface area contributed by atoms with Crippen LogP contribution < -0.4 is 11.2 Å². The van der Waals surface area contributed by atoms with Crippen LogP contribution in [0.4, 0.5) is 0 Å². The minimum absolute atomic E-state index is 0.00633. The number of carbonyl (C=O) groups is 1. The SMILES string of the molecule is C/C(C=NCCOCCOCCNC(=O)C(C)C)=N/N.CC. The molecule has 7 heteroatoms. The summed E-state index contributed by atoms with van der Waals surface area (Å²) in [5.41, 5.74) is 0.678. The lowest BCUT2D eigenvalue weighted by atomic mass is 10.2. The van der Waals surface area contributed by atoms with Gasteiger partial charge in [-0.3, -0.25) is 9.79 Å². The Balaban J connectivity index is 0. The second-order valence-electron chi connectivity index (χ2n) is 4.48. The molecule has 0 saturated carbocycles. The van der Waals surface area contributed by atoms with Gasteiger partial charge < -0.3 is 20.6 Å². The van der Waals surface area contributed by atoms with Gasteiger partial charge in [0, 0.05) is 18.7 Å². The molecule has 0 aromatic heterocycles. The first-order chi connectivity index (χ1) is 10.6. The molecule has 7 nitrogen and oxygen atoms in total. The molecule has 0 fully saturated rings. The van der Waals surface area contributed by atoms with E-state index in [-0.39, 0.29) is 11.8 Å². The number of rotatable bonds is 11. The minimum atomic E-state index is 0.00633. The molecule has 0 aliphatic heterocycles. The average Bonchev–Trinajstić information content (AvgIpc) is 2.53. The zero-order valence-electron chi connectivity index (χ0n) is 14.6. The second-order valence-corrected chi connectivity index (χ2v) is 4.48. The van der Waals surface area contributed by atoms with E-state index >= 15 is 0 Å². The van der Waals surface area contributed by atoms with Gasteiger partial charge in [0.2, 0.25) is 5.91 Å². The highest BCUT2D eigenvalue weighted by Gasteiger charge is 2.04. The molecule has 0 rings (SSSR count). The van der Waals surface area contributed by atoms with Gasteiger partial charge in [0.15, 0.2) is 0 Å². The molecule has 0 heterocycles. The summed E-state index contributed by atoms with van der Waals surface area (Å²) < 4.78 is 10.6. The van der Waals surface area contributed by atoms with E-state index in [4.69, 9.17) is 15.3 Å². The molecule has 0 radical (unpaired) electrons. The number of nitrogens with two attached hydrogens (primary N) is 1. The summed E-state index contributed by atoms with van der Waals surface area (Å²) in [5.74, 6) is 5.10. The van der Waals surface area contributed by atoms with Crippen molar-refractivity contribution in [2.45, 2.75) is 34.6 Å². The maximum absolute atomic E-state index is 11.2. The maximum atomic E-state index is 11.2. The topological polar surface area (TPSA) is 98.3 Å². The molecule has 0 aromatic carbocycles. The van der Waals surface area contributed by atoms with Crippen molar-refractivity contribution in [3.05, 3.63) is 0 Å². The summed E-state index contributed by atoms with van der Waals surface area (Å²) in [4.78, 5) is 15.3. The highest BCUT2D eigenvalue weighted by Crippen LogP contribution is 1.89. The predicted molar refractivity (Wildman–Crippen MR) is 91.5 cm³/mol. The van der Waals surface area contributed by atoms with Gasteiger partial charge in [0.05, 0.1) is 38.7 Å². The molecule has 0 spiro atoms. The molecule has 0 saturated heterocycles. The Hall–Kier alpha value is -1.47. The van der Waals surface area contributed by atoms with Crippen LogP contribution in [-0.4, -0.2) is 57.4 Å². The first kappa shape index (κ1) is 22.8. The number of amides is 1. The van der Waals surface area contributed by atoms with Gasteiger partial charge in [-0.15, -0.1) is 0 Å². The van der Waals surface area contributed by atoms with Crippen LogP contribution in [0, 0.1) is 5.92 Å². The van der Waals surface area contributed by atoms with Gasteiger partial charge >= 0.3 is 0 Å². The number of hydrazone groups is 1. The molecule has 0 atom stereocenters. The Morgan fingerprint density at radius 2 is 1.77 bits per heavy atom. The number of ether oxygens (including phenoxy) is 2.